The molecule has 33 heavy (non-hydrogen) atoms. The van der Waals surface area contributed by atoms with Gasteiger partial charge in [-0.2, -0.15) is 0 Å². The second-order valence-corrected chi connectivity index (χ2v) is 8.79. The summed E-state index contributed by atoms with van der Waals surface area (Å²) in [5.41, 5.74) is 0.970. The number of carbonyl (C=O) groups excluding carboxylic acids is 4. The molecule has 5 rings (SSSR count). The lowest BCUT2D eigenvalue weighted by Crippen LogP contribution is -2.48. The highest BCUT2D eigenvalue weighted by Gasteiger charge is 2.61. The Morgan fingerprint density at radius 3 is 2.15 bits per heavy atom. The van der Waals surface area contributed by atoms with Gasteiger partial charge in [-0.25, -0.2) is 9.18 Å². The minimum Gasteiger partial charge on any atom is -0.456 e. The van der Waals surface area contributed by atoms with Gasteiger partial charge in [0.25, 0.3) is 0 Å². The predicted molar refractivity (Wildman–Crippen MR) is 115 cm³/mol. The third-order valence-corrected chi connectivity index (χ3v) is 6.87. The summed E-state index contributed by atoms with van der Waals surface area (Å²) in [6.07, 6.45) is 4.88. The van der Waals surface area contributed by atoms with Crippen molar-refractivity contribution in [2.45, 2.75) is 18.9 Å². The van der Waals surface area contributed by atoms with Crippen LogP contribution in [0.1, 0.15) is 22.3 Å². The fraction of sp³-hybridized carbons (Fsp3) is 0.308. The number of benzene rings is 2. The largest absolute Gasteiger partial charge is 0.456 e. The van der Waals surface area contributed by atoms with E-state index in [0.29, 0.717) is 0 Å². The third kappa shape index (κ3) is 3.77. The van der Waals surface area contributed by atoms with Crippen molar-refractivity contribution >= 4 is 23.6 Å². The molecule has 1 saturated heterocycles. The van der Waals surface area contributed by atoms with Gasteiger partial charge in [-0.3, -0.25) is 19.3 Å². The molecule has 2 bridgehead atoms. The van der Waals surface area contributed by atoms with Crippen LogP contribution in [0.25, 0.3) is 0 Å². The zero-order valence-corrected chi connectivity index (χ0v) is 17.7. The Bertz CT molecular complexity index is 1110. The first-order valence-electron chi connectivity index (χ1n) is 11.0. The van der Waals surface area contributed by atoms with E-state index in [9.17, 15) is 23.6 Å². The average molecular weight is 447 g/mol. The first kappa shape index (κ1) is 21.2. The minimum absolute atomic E-state index is 0.0231. The minimum atomic E-state index is -1.15. The number of ketones is 1. The van der Waals surface area contributed by atoms with Gasteiger partial charge >= 0.3 is 5.97 Å². The number of likely N-dealkylation sites (tertiary alicyclic amines) is 1. The number of fused-ring (bicyclic) bond motifs is 5. The van der Waals surface area contributed by atoms with Crippen molar-refractivity contribution in [3.05, 3.63) is 83.7 Å². The highest BCUT2D eigenvalue weighted by Crippen LogP contribution is 2.53. The summed E-state index contributed by atoms with van der Waals surface area (Å²) in [7, 11) is 0. The maximum Gasteiger partial charge on any atom is 0.330 e. The molecule has 1 saturated carbocycles. The summed E-state index contributed by atoms with van der Waals surface area (Å²) >= 11 is 0. The Hall–Kier alpha value is -3.61. The molecule has 2 aromatic rings. The van der Waals surface area contributed by atoms with Crippen LogP contribution in [0.3, 0.4) is 0 Å². The zero-order chi connectivity index (χ0) is 23.1. The van der Waals surface area contributed by atoms with Crippen molar-refractivity contribution in [1.82, 2.24) is 4.90 Å². The van der Waals surface area contributed by atoms with Crippen LogP contribution >= 0.6 is 0 Å². The first-order chi connectivity index (χ1) is 15.9. The van der Waals surface area contributed by atoms with Crippen LogP contribution < -0.4 is 0 Å². The molecule has 5 atom stereocenters. The summed E-state index contributed by atoms with van der Waals surface area (Å²) in [6.45, 7) is -0.564. The fourth-order valence-corrected chi connectivity index (χ4v) is 5.30. The molecular formula is C26H22FNO5. The van der Waals surface area contributed by atoms with Crippen LogP contribution in [-0.4, -0.2) is 41.1 Å². The number of Topliss-reactive ketones (excluding diaryl/α,β-unsaturated/α-hetero) is 1. The maximum atomic E-state index is 13.3. The van der Waals surface area contributed by atoms with Gasteiger partial charge in [0.05, 0.1) is 11.8 Å². The number of halogens is 1. The first-order valence-corrected chi connectivity index (χ1v) is 11.0. The van der Waals surface area contributed by atoms with E-state index in [0.717, 1.165) is 29.0 Å². The number of esters is 1. The Balaban J connectivity index is 1.36. The number of allylic oxidation sites excluding steroid dienone is 2. The van der Waals surface area contributed by atoms with Crippen molar-refractivity contribution in [3.63, 3.8) is 0 Å². The van der Waals surface area contributed by atoms with E-state index in [2.05, 4.69) is 0 Å². The molecule has 6 nitrogen and oxygen atoms in total. The molecule has 0 aromatic heterocycles. The number of hydrogen-bond donors (Lipinski definition) is 0. The number of nitrogens with zero attached hydrogens (tertiary/aromatic N) is 1. The van der Waals surface area contributed by atoms with E-state index in [1.54, 1.807) is 12.1 Å². The molecule has 3 aliphatic rings. The molecule has 1 aliphatic heterocycles. The Labute approximate surface area is 190 Å². The van der Waals surface area contributed by atoms with Crippen molar-refractivity contribution in [2.24, 2.45) is 23.7 Å². The van der Waals surface area contributed by atoms with E-state index in [-0.39, 0.29) is 35.6 Å². The van der Waals surface area contributed by atoms with Gasteiger partial charge in [0.1, 0.15) is 11.9 Å². The smallest absolute Gasteiger partial charge is 0.330 e. The van der Waals surface area contributed by atoms with Gasteiger partial charge < -0.3 is 4.74 Å². The predicted octanol–water partition coefficient (Wildman–Crippen LogP) is 2.97. The molecule has 0 radical (unpaired) electrons. The van der Waals surface area contributed by atoms with E-state index in [1.165, 1.54) is 12.1 Å². The van der Waals surface area contributed by atoms with Gasteiger partial charge in [0, 0.05) is 12.0 Å². The number of ether oxygens (including phenoxy) is 1. The Kier molecular flexibility index (Phi) is 5.40. The normalized spacial score (nSPS) is 25.9. The lowest BCUT2D eigenvalue weighted by molar-refractivity contribution is -0.158. The fourth-order valence-electron chi connectivity index (χ4n) is 5.30. The molecule has 0 N–H and O–H groups in total. The molecule has 168 valence electrons. The molecule has 2 amide bonds. The van der Waals surface area contributed by atoms with Gasteiger partial charge in [0.2, 0.25) is 11.8 Å². The van der Waals surface area contributed by atoms with E-state index in [4.69, 9.17) is 4.74 Å². The molecule has 0 spiro atoms. The van der Waals surface area contributed by atoms with Gasteiger partial charge in [-0.1, -0.05) is 42.5 Å². The monoisotopic (exact) mass is 447 g/mol. The van der Waals surface area contributed by atoms with Crippen LogP contribution in [-0.2, 0) is 25.5 Å². The van der Waals surface area contributed by atoms with Gasteiger partial charge in [-0.15, -0.1) is 0 Å². The molecule has 0 unspecified atom stereocenters. The third-order valence-electron chi connectivity index (χ3n) is 6.87. The summed E-state index contributed by atoms with van der Waals surface area (Å²) in [6, 6.07) is 12.8. The van der Waals surface area contributed by atoms with Crippen LogP contribution in [0.15, 0.2) is 66.7 Å². The van der Waals surface area contributed by atoms with Crippen LogP contribution in [0, 0.1) is 29.5 Å². The Morgan fingerprint density at radius 2 is 1.55 bits per heavy atom. The molecule has 2 fully saturated rings. The maximum absolute atomic E-state index is 13.3. The van der Waals surface area contributed by atoms with Crippen LogP contribution in [0.4, 0.5) is 4.39 Å². The summed E-state index contributed by atoms with van der Waals surface area (Å²) in [5, 5.41) is 0. The summed E-state index contributed by atoms with van der Waals surface area (Å²) in [4.78, 5) is 53.1. The summed E-state index contributed by atoms with van der Waals surface area (Å²) in [5.74, 6) is -3.29. The number of amides is 2. The van der Waals surface area contributed by atoms with E-state index >= 15 is 0 Å². The van der Waals surface area contributed by atoms with Crippen molar-refractivity contribution in [1.29, 1.82) is 0 Å². The quantitative estimate of drug-likeness (QED) is 0.282. The molecule has 2 aromatic carbocycles. The lowest BCUT2D eigenvalue weighted by Gasteiger charge is -2.26. The Morgan fingerprint density at radius 1 is 0.939 bits per heavy atom. The molecule has 1 heterocycles. The highest BCUT2D eigenvalue weighted by molar-refractivity contribution is 6.09. The lowest BCUT2D eigenvalue weighted by atomic mass is 9.85. The zero-order valence-electron chi connectivity index (χ0n) is 17.7. The number of imide groups is 1. The SMILES string of the molecule is O=C(COC(=O)[C@H](Cc1ccccc1)N1C(=O)[C@H]2[C@H](C1=O)[C@H]1C=C[C@H]2C1)c1ccc(F)cc1. The van der Waals surface area contributed by atoms with Gasteiger partial charge in [0.15, 0.2) is 12.4 Å². The van der Waals surface area contributed by atoms with Gasteiger partial charge in [-0.05, 0) is 48.1 Å². The molecular weight excluding hydrogens is 425 g/mol. The number of rotatable bonds is 7. The van der Waals surface area contributed by atoms with Crippen molar-refractivity contribution < 1.29 is 28.3 Å². The average Bonchev–Trinajstić information content (AvgIpc) is 3.51. The number of carbonyl (C=O) groups is 4. The van der Waals surface area contributed by atoms with Crippen LogP contribution in [0.2, 0.25) is 0 Å². The molecule has 7 heteroatoms. The van der Waals surface area contributed by atoms with E-state index < -0.39 is 42.1 Å². The second kappa shape index (κ2) is 8.39. The van der Waals surface area contributed by atoms with Crippen molar-refractivity contribution in [3.8, 4) is 0 Å². The van der Waals surface area contributed by atoms with Crippen LogP contribution in [0.5, 0.6) is 0 Å². The second-order valence-electron chi connectivity index (χ2n) is 8.79. The van der Waals surface area contributed by atoms with Crippen molar-refractivity contribution in [2.75, 3.05) is 6.61 Å². The van der Waals surface area contributed by atoms with E-state index in [1.807, 2.05) is 30.4 Å². The summed E-state index contributed by atoms with van der Waals surface area (Å²) < 4.78 is 18.4. The number of hydrogen-bond acceptors (Lipinski definition) is 5. The topological polar surface area (TPSA) is 80.8 Å². The highest BCUT2D eigenvalue weighted by atomic mass is 19.1. The molecule has 2 aliphatic carbocycles. The standard InChI is InChI=1S/C26H22FNO5/c27-19-10-8-16(9-11-19)21(29)14-33-26(32)20(12-15-4-2-1-3-5-15)28-24(30)22-17-6-7-18(13-17)23(22)25(28)31/h1-11,17-18,20,22-23H,12-14H2/t17-,18-,20-,22+,23+/m0/s1.